The van der Waals surface area contributed by atoms with E-state index < -0.39 is 0 Å². The fourth-order valence-electron chi connectivity index (χ4n) is 2.82. The molecule has 1 heterocycles. The summed E-state index contributed by atoms with van der Waals surface area (Å²) >= 11 is 0. The van der Waals surface area contributed by atoms with Crippen LogP contribution in [0.5, 0.6) is 0 Å². The lowest BCUT2D eigenvalue weighted by molar-refractivity contribution is 0.0920. The summed E-state index contributed by atoms with van der Waals surface area (Å²) in [6.07, 6.45) is 0. The van der Waals surface area contributed by atoms with Crippen molar-refractivity contribution in [1.29, 1.82) is 5.26 Å². The lowest BCUT2D eigenvalue weighted by atomic mass is 10.2. The molecule has 5 heteroatoms. The van der Waals surface area contributed by atoms with Crippen LogP contribution in [0.3, 0.4) is 0 Å². The van der Waals surface area contributed by atoms with E-state index in [1.165, 1.54) is 4.73 Å². The molecule has 3 aromatic carbocycles. The van der Waals surface area contributed by atoms with E-state index in [1.54, 1.807) is 36.4 Å². The Bertz CT molecular complexity index is 1190. The minimum Gasteiger partial charge on any atom is -0.404 e. The first-order chi connectivity index (χ1) is 13.3. The number of nitrogens with zero attached hydrogens (tertiary/aromatic N) is 3. The molecule has 0 fully saturated rings. The Hall–Kier alpha value is -3.91. The maximum Gasteiger partial charge on any atom is 0.294 e. The summed E-state index contributed by atoms with van der Waals surface area (Å²) in [7, 11) is 0. The summed E-state index contributed by atoms with van der Waals surface area (Å²) in [4.78, 5) is 23.5. The van der Waals surface area contributed by atoms with Crippen LogP contribution in [0.1, 0.15) is 11.1 Å². The number of hydrogen-bond acceptors (Lipinski definition) is 4. The molecule has 4 aromatic rings. The van der Waals surface area contributed by atoms with Gasteiger partial charge in [0.25, 0.3) is 5.56 Å². The van der Waals surface area contributed by atoms with E-state index in [2.05, 4.69) is 11.1 Å². The largest absolute Gasteiger partial charge is 0.404 e. The molecule has 0 saturated carbocycles. The average Bonchev–Trinajstić information content (AvgIpc) is 2.74. The maximum atomic E-state index is 13.0. The molecule has 4 rings (SSSR count). The Labute approximate surface area is 155 Å². The fourth-order valence-corrected chi connectivity index (χ4v) is 2.82. The van der Waals surface area contributed by atoms with Gasteiger partial charge in [0, 0.05) is 5.56 Å². The summed E-state index contributed by atoms with van der Waals surface area (Å²) in [5, 5.41) is 9.40. The van der Waals surface area contributed by atoms with E-state index in [1.807, 2.05) is 42.5 Å². The van der Waals surface area contributed by atoms with E-state index in [0.29, 0.717) is 22.3 Å². The van der Waals surface area contributed by atoms with Gasteiger partial charge in [-0.2, -0.15) is 5.26 Å². The zero-order valence-electron chi connectivity index (χ0n) is 14.4. The number of rotatable bonds is 4. The number of aromatic nitrogens is 2. The maximum absolute atomic E-state index is 13.0. The van der Waals surface area contributed by atoms with Gasteiger partial charge in [-0.3, -0.25) is 4.79 Å². The highest BCUT2D eigenvalue weighted by Crippen LogP contribution is 2.18. The minimum absolute atomic E-state index is 0.186. The van der Waals surface area contributed by atoms with Crippen LogP contribution in [0.15, 0.2) is 83.7 Å². The van der Waals surface area contributed by atoms with Crippen LogP contribution in [0.25, 0.3) is 22.3 Å². The van der Waals surface area contributed by atoms with Crippen molar-refractivity contribution in [2.24, 2.45) is 0 Å². The van der Waals surface area contributed by atoms with Crippen LogP contribution in [-0.4, -0.2) is 9.71 Å². The first-order valence-electron chi connectivity index (χ1n) is 8.46. The van der Waals surface area contributed by atoms with Gasteiger partial charge in [-0.25, -0.2) is 4.98 Å². The molecule has 0 aliphatic heterocycles. The lowest BCUT2D eigenvalue weighted by Crippen LogP contribution is -2.29. The third-order valence-electron chi connectivity index (χ3n) is 4.21. The second-order valence-corrected chi connectivity index (χ2v) is 6.00. The Balaban J connectivity index is 1.78. The molecular formula is C22H15N3O2. The summed E-state index contributed by atoms with van der Waals surface area (Å²) in [6, 6.07) is 25.8. The topological polar surface area (TPSA) is 67.9 Å². The van der Waals surface area contributed by atoms with Crippen molar-refractivity contribution in [2.75, 3.05) is 0 Å². The first kappa shape index (κ1) is 16.6. The van der Waals surface area contributed by atoms with Crippen LogP contribution >= 0.6 is 0 Å². The third-order valence-corrected chi connectivity index (χ3v) is 4.21. The smallest absolute Gasteiger partial charge is 0.294 e. The number of nitriles is 1. The Morgan fingerprint density at radius 2 is 1.63 bits per heavy atom. The van der Waals surface area contributed by atoms with Gasteiger partial charge in [0.05, 0.1) is 22.5 Å². The normalized spacial score (nSPS) is 10.5. The molecule has 0 aliphatic rings. The summed E-state index contributed by atoms with van der Waals surface area (Å²) in [6.45, 7) is 0.186. The highest BCUT2D eigenvalue weighted by atomic mass is 16.7. The van der Waals surface area contributed by atoms with E-state index in [0.717, 1.165) is 11.1 Å². The second-order valence-electron chi connectivity index (χ2n) is 6.00. The van der Waals surface area contributed by atoms with Crippen molar-refractivity contribution in [1.82, 2.24) is 9.71 Å². The molecule has 0 radical (unpaired) electrons. The van der Waals surface area contributed by atoms with Crippen LogP contribution in [0, 0.1) is 11.3 Å². The molecule has 0 N–H and O–H groups in total. The van der Waals surface area contributed by atoms with Crippen LogP contribution in [-0.2, 0) is 6.61 Å². The molecule has 0 unspecified atom stereocenters. The van der Waals surface area contributed by atoms with Gasteiger partial charge in [0.2, 0.25) is 0 Å². The Morgan fingerprint density at radius 1 is 0.926 bits per heavy atom. The predicted octanol–water partition coefficient (Wildman–Crippen LogP) is 3.56. The van der Waals surface area contributed by atoms with E-state index in [-0.39, 0.29) is 12.2 Å². The van der Waals surface area contributed by atoms with Gasteiger partial charge >= 0.3 is 0 Å². The van der Waals surface area contributed by atoms with Crippen molar-refractivity contribution in [3.63, 3.8) is 0 Å². The molecule has 27 heavy (non-hydrogen) atoms. The monoisotopic (exact) mass is 353 g/mol. The molecule has 5 nitrogen and oxygen atoms in total. The van der Waals surface area contributed by atoms with Gasteiger partial charge in [0.15, 0.2) is 5.82 Å². The van der Waals surface area contributed by atoms with Crippen molar-refractivity contribution in [3.8, 4) is 17.5 Å². The molecular weight excluding hydrogens is 338 g/mol. The Kier molecular flexibility index (Phi) is 4.38. The van der Waals surface area contributed by atoms with Gasteiger partial charge in [-0.05, 0) is 29.8 Å². The molecule has 0 atom stereocenters. The second kappa shape index (κ2) is 7.14. The zero-order valence-corrected chi connectivity index (χ0v) is 14.4. The molecule has 0 amide bonds. The van der Waals surface area contributed by atoms with Crippen LogP contribution in [0.4, 0.5) is 0 Å². The molecule has 1 aromatic heterocycles. The average molecular weight is 353 g/mol. The standard InChI is InChI=1S/C22H15N3O2/c23-14-16-10-12-17(13-11-16)15-27-25-21(18-6-2-1-3-7-18)24-20-9-5-4-8-19(20)22(25)26/h1-13H,15H2. The van der Waals surface area contributed by atoms with E-state index >= 15 is 0 Å². The molecule has 0 bridgehead atoms. The molecule has 0 saturated heterocycles. The first-order valence-corrected chi connectivity index (χ1v) is 8.46. The van der Waals surface area contributed by atoms with Crippen LogP contribution in [0.2, 0.25) is 0 Å². The zero-order chi connectivity index (χ0) is 18.6. The SMILES string of the molecule is N#Cc1ccc(COn2c(-c3ccccc3)nc3ccccc3c2=O)cc1. The molecule has 0 spiro atoms. The molecule has 0 aliphatic carbocycles. The number of fused-ring (bicyclic) bond motifs is 1. The van der Waals surface area contributed by atoms with Gasteiger partial charge in [-0.15, -0.1) is 4.73 Å². The van der Waals surface area contributed by atoms with Crippen molar-refractivity contribution >= 4 is 10.9 Å². The third kappa shape index (κ3) is 3.29. The van der Waals surface area contributed by atoms with E-state index in [4.69, 9.17) is 10.1 Å². The van der Waals surface area contributed by atoms with Crippen LogP contribution < -0.4 is 10.4 Å². The van der Waals surface area contributed by atoms with E-state index in [9.17, 15) is 4.79 Å². The number of hydrogen-bond donors (Lipinski definition) is 0. The van der Waals surface area contributed by atoms with Gasteiger partial charge in [-0.1, -0.05) is 54.6 Å². The van der Waals surface area contributed by atoms with Crippen molar-refractivity contribution in [2.45, 2.75) is 6.61 Å². The minimum atomic E-state index is -0.256. The predicted molar refractivity (Wildman–Crippen MR) is 103 cm³/mol. The quantitative estimate of drug-likeness (QED) is 0.562. The molecule has 130 valence electrons. The summed E-state index contributed by atoms with van der Waals surface area (Å²) < 4.78 is 1.25. The van der Waals surface area contributed by atoms with Gasteiger partial charge < -0.3 is 4.84 Å². The summed E-state index contributed by atoms with van der Waals surface area (Å²) in [5.74, 6) is 0.452. The van der Waals surface area contributed by atoms with Crippen molar-refractivity contribution in [3.05, 3.63) is 100 Å². The summed E-state index contributed by atoms with van der Waals surface area (Å²) in [5.41, 5.74) is 2.59. The number of para-hydroxylation sites is 1. The van der Waals surface area contributed by atoms with Crippen molar-refractivity contribution < 1.29 is 4.84 Å². The fraction of sp³-hybridized carbons (Fsp3) is 0.0455. The highest BCUT2D eigenvalue weighted by Gasteiger charge is 2.13. The number of benzene rings is 3. The Morgan fingerprint density at radius 3 is 2.37 bits per heavy atom. The lowest BCUT2D eigenvalue weighted by Gasteiger charge is -2.14. The van der Waals surface area contributed by atoms with Gasteiger partial charge in [0.1, 0.15) is 6.61 Å². The highest BCUT2D eigenvalue weighted by molar-refractivity contribution is 5.79.